The largest absolute Gasteiger partial charge is 0.332 e. The van der Waals surface area contributed by atoms with Gasteiger partial charge in [-0.05, 0) is 60.2 Å². The van der Waals surface area contributed by atoms with Gasteiger partial charge in [-0.25, -0.2) is 9.78 Å². The molecular formula is C23H21N7O. The van der Waals surface area contributed by atoms with Crippen molar-refractivity contribution in [3.63, 3.8) is 0 Å². The van der Waals surface area contributed by atoms with Crippen molar-refractivity contribution in [2.24, 2.45) is 7.05 Å². The molecular weight excluding hydrogens is 390 g/mol. The lowest BCUT2D eigenvalue weighted by molar-refractivity contribution is 0.653. The number of H-pyrrole nitrogens is 1. The van der Waals surface area contributed by atoms with Gasteiger partial charge < -0.3 is 5.32 Å². The first-order chi connectivity index (χ1) is 15.2. The second kappa shape index (κ2) is 6.88. The Balaban J connectivity index is 1.56. The summed E-state index contributed by atoms with van der Waals surface area (Å²) in [4.78, 5) is 24.3. The minimum Gasteiger partial charge on any atom is -0.310 e. The van der Waals surface area contributed by atoms with Gasteiger partial charge in [0.2, 0.25) is 0 Å². The summed E-state index contributed by atoms with van der Waals surface area (Å²) >= 11 is 0. The van der Waals surface area contributed by atoms with Gasteiger partial charge >= 0.3 is 5.69 Å². The summed E-state index contributed by atoms with van der Waals surface area (Å²) in [5.41, 5.74) is 5.06. The van der Waals surface area contributed by atoms with E-state index in [4.69, 9.17) is 0 Å². The van der Waals surface area contributed by atoms with Crippen LogP contribution in [0, 0.1) is 0 Å². The van der Waals surface area contributed by atoms with Gasteiger partial charge in [0.05, 0.1) is 17.4 Å². The second-order valence-corrected chi connectivity index (χ2v) is 8.04. The fraction of sp³-hybridized carbons (Fsp3) is 0.217. The van der Waals surface area contributed by atoms with E-state index < -0.39 is 0 Å². The van der Waals surface area contributed by atoms with Crippen molar-refractivity contribution in [1.29, 1.82) is 0 Å². The Bertz CT molecular complexity index is 1490. The summed E-state index contributed by atoms with van der Waals surface area (Å²) < 4.78 is 3.29. The first kappa shape index (κ1) is 18.0. The van der Waals surface area contributed by atoms with Gasteiger partial charge in [-0.3, -0.25) is 19.2 Å². The lowest BCUT2D eigenvalue weighted by Gasteiger charge is -2.16. The number of pyridine rings is 2. The predicted octanol–water partition coefficient (Wildman–Crippen LogP) is 3.09. The fourth-order valence-electron chi connectivity index (χ4n) is 4.56. The molecule has 0 radical (unpaired) electrons. The molecule has 1 saturated heterocycles. The third-order valence-corrected chi connectivity index (χ3v) is 6.04. The Labute approximate surface area is 177 Å². The quantitative estimate of drug-likeness (QED) is 0.476. The van der Waals surface area contributed by atoms with E-state index in [9.17, 15) is 4.79 Å². The molecule has 1 aliphatic rings. The zero-order chi connectivity index (χ0) is 20.9. The molecule has 0 saturated carbocycles. The molecule has 1 unspecified atom stereocenters. The van der Waals surface area contributed by atoms with Crippen molar-refractivity contribution < 1.29 is 0 Å². The van der Waals surface area contributed by atoms with Gasteiger partial charge in [0.15, 0.2) is 5.65 Å². The lowest BCUT2D eigenvalue weighted by Crippen LogP contribution is -2.14. The molecule has 4 aromatic heterocycles. The first-order valence-corrected chi connectivity index (χ1v) is 10.4. The minimum absolute atomic E-state index is 0.229. The topological polar surface area (TPSA) is 93.4 Å². The van der Waals surface area contributed by atoms with Crippen LogP contribution >= 0.6 is 0 Å². The molecule has 0 spiro atoms. The monoisotopic (exact) mass is 411 g/mol. The molecule has 1 atom stereocenters. The van der Waals surface area contributed by atoms with Crippen molar-refractivity contribution in [1.82, 2.24) is 34.6 Å². The van der Waals surface area contributed by atoms with Gasteiger partial charge in [0, 0.05) is 48.8 Å². The molecule has 2 N–H and O–H groups in total. The molecule has 0 bridgehead atoms. The third kappa shape index (κ3) is 2.95. The fourth-order valence-corrected chi connectivity index (χ4v) is 4.56. The van der Waals surface area contributed by atoms with Crippen molar-refractivity contribution in [2.75, 3.05) is 6.54 Å². The van der Waals surface area contributed by atoms with Crippen LogP contribution in [0.25, 0.3) is 38.8 Å². The van der Waals surface area contributed by atoms with E-state index in [-0.39, 0.29) is 5.69 Å². The van der Waals surface area contributed by atoms with E-state index in [0.29, 0.717) is 17.4 Å². The number of nitrogens with one attached hydrogen (secondary N) is 2. The number of rotatable bonds is 3. The number of hydrogen-bond acceptors (Lipinski definition) is 5. The van der Waals surface area contributed by atoms with Crippen LogP contribution in [0.3, 0.4) is 0 Å². The van der Waals surface area contributed by atoms with Gasteiger partial charge in [-0.1, -0.05) is 0 Å². The molecule has 8 nitrogen and oxygen atoms in total. The highest BCUT2D eigenvalue weighted by molar-refractivity contribution is 5.91. The van der Waals surface area contributed by atoms with Gasteiger partial charge in [0.25, 0.3) is 0 Å². The highest BCUT2D eigenvalue weighted by atomic mass is 16.1. The normalized spacial score (nSPS) is 16.5. The molecule has 0 amide bonds. The number of hydrogen-bond donors (Lipinski definition) is 2. The summed E-state index contributed by atoms with van der Waals surface area (Å²) in [5.74, 6) is 0. The van der Waals surface area contributed by atoms with E-state index in [0.717, 1.165) is 35.0 Å². The zero-order valence-electron chi connectivity index (χ0n) is 17.0. The van der Waals surface area contributed by atoms with Crippen molar-refractivity contribution >= 4 is 21.9 Å². The van der Waals surface area contributed by atoms with Crippen molar-refractivity contribution in [3.8, 4) is 16.8 Å². The molecule has 1 aromatic carbocycles. The zero-order valence-corrected chi connectivity index (χ0v) is 17.0. The Kier molecular flexibility index (Phi) is 4.00. The molecule has 6 rings (SSSR count). The number of fused-ring (bicyclic) bond motifs is 2. The molecule has 0 aliphatic carbocycles. The molecule has 8 heteroatoms. The van der Waals surface area contributed by atoms with Crippen molar-refractivity contribution in [2.45, 2.75) is 18.9 Å². The summed E-state index contributed by atoms with van der Waals surface area (Å²) in [6.45, 7) is 1.03. The molecule has 154 valence electrons. The highest BCUT2D eigenvalue weighted by Crippen LogP contribution is 2.34. The maximum atomic E-state index is 12.6. The predicted molar refractivity (Wildman–Crippen MR) is 119 cm³/mol. The summed E-state index contributed by atoms with van der Waals surface area (Å²) in [6, 6.07) is 8.78. The van der Waals surface area contributed by atoms with Crippen LogP contribution in [-0.4, -0.2) is 35.8 Å². The number of benzene rings is 1. The average molecular weight is 411 g/mol. The van der Waals surface area contributed by atoms with Gasteiger partial charge in [-0.15, -0.1) is 0 Å². The second-order valence-electron chi connectivity index (χ2n) is 8.04. The number of imidazole rings is 1. The molecule has 1 aliphatic heterocycles. The molecule has 1 fully saturated rings. The maximum absolute atomic E-state index is 12.6. The minimum atomic E-state index is -0.229. The number of aromatic amines is 1. The summed E-state index contributed by atoms with van der Waals surface area (Å²) in [6.07, 6.45) is 11.4. The SMILES string of the molecule is Cn1cc(-n2c(=O)[nH]c3ncc(-c4cc(C5CCCN5)c5cnccc5c4)cc32)cn1. The van der Waals surface area contributed by atoms with Crippen LogP contribution in [0.2, 0.25) is 0 Å². The van der Waals surface area contributed by atoms with E-state index in [1.165, 1.54) is 17.4 Å². The Morgan fingerprint density at radius 3 is 2.87 bits per heavy atom. The number of aryl methyl sites for hydroxylation is 1. The van der Waals surface area contributed by atoms with Gasteiger partial charge in [-0.2, -0.15) is 5.10 Å². The highest BCUT2D eigenvalue weighted by Gasteiger charge is 2.20. The average Bonchev–Trinajstić information content (AvgIpc) is 3.52. The first-order valence-electron chi connectivity index (χ1n) is 10.4. The van der Waals surface area contributed by atoms with Crippen LogP contribution < -0.4 is 11.0 Å². The molecule has 31 heavy (non-hydrogen) atoms. The summed E-state index contributed by atoms with van der Waals surface area (Å²) in [7, 11) is 1.83. The van der Waals surface area contributed by atoms with Crippen LogP contribution in [0.15, 0.2) is 60.0 Å². The Hall–Kier alpha value is -3.78. The van der Waals surface area contributed by atoms with Crippen LogP contribution in [-0.2, 0) is 7.05 Å². The number of nitrogens with zero attached hydrogens (tertiary/aromatic N) is 5. The van der Waals surface area contributed by atoms with E-state index in [1.807, 2.05) is 44.0 Å². The number of aromatic nitrogens is 6. The maximum Gasteiger partial charge on any atom is 0.332 e. The molecule has 5 aromatic rings. The Morgan fingerprint density at radius 1 is 1.13 bits per heavy atom. The van der Waals surface area contributed by atoms with E-state index in [1.54, 1.807) is 15.4 Å². The van der Waals surface area contributed by atoms with Crippen molar-refractivity contribution in [3.05, 3.63) is 71.3 Å². The lowest BCUT2D eigenvalue weighted by atomic mass is 9.94. The van der Waals surface area contributed by atoms with E-state index in [2.05, 4.69) is 37.5 Å². The van der Waals surface area contributed by atoms with Gasteiger partial charge in [0.1, 0.15) is 0 Å². The Morgan fingerprint density at radius 2 is 2.06 bits per heavy atom. The van der Waals surface area contributed by atoms with Crippen LogP contribution in [0.4, 0.5) is 0 Å². The van der Waals surface area contributed by atoms with E-state index >= 15 is 0 Å². The van der Waals surface area contributed by atoms with Crippen LogP contribution in [0.5, 0.6) is 0 Å². The smallest absolute Gasteiger partial charge is 0.310 e. The summed E-state index contributed by atoms with van der Waals surface area (Å²) in [5, 5.41) is 10.1. The van der Waals surface area contributed by atoms with Crippen LogP contribution in [0.1, 0.15) is 24.4 Å². The third-order valence-electron chi connectivity index (χ3n) is 6.04. The standard InChI is InChI=1S/C23H21N7O/c1-29-13-17(11-27-29)30-21-9-16(10-26-22(21)28-23(30)31)15-7-14-4-6-24-12-19(14)18(8-15)20-3-2-5-25-20/h4,6-13,20,25H,2-3,5H2,1H3,(H,26,28,31). The molecule has 5 heterocycles.